The second-order valence-electron chi connectivity index (χ2n) is 5.90. The van der Waals surface area contributed by atoms with E-state index in [0.717, 1.165) is 36.1 Å². The Morgan fingerprint density at radius 1 is 1.26 bits per heavy atom. The van der Waals surface area contributed by atoms with Crippen LogP contribution in [0.4, 0.5) is 0 Å². The van der Waals surface area contributed by atoms with Crippen LogP contribution in [0.5, 0.6) is 0 Å². The zero-order valence-corrected chi connectivity index (χ0v) is 14.4. The molecule has 0 spiro atoms. The molecule has 2 aromatic heterocycles. The Labute approximate surface area is 138 Å². The SMILES string of the molecule is CN=C(NCCC(C)C)NCc1ccc(-n2ccnc2C)nc1. The van der Waals surface area contributed by atoms with E-state index in [4.69, 9.17) is 0 Å². The number of nitrogens with one attached hydrogen (secondary N) is 2. The number of pyridine rings is 1. The fourth-order valence-electron chi connectivity index (χ4n) is 2.17. The van der Waals surface area contributed by atoms with Gasteiger partial charge in [-0.2, -0.15) is 0 Å². The molecule has 0 unspecified atom stereocenters. The lowest BCUT2D eigenvalue weighted by atomic mass is 10.1. The summed E-state index contributed by atoms with van der Waals surface area (Å²) < 4.78 is 1.96. The van der Waals surface area contributed by atoms with Crippen molar-refractivity contribution in [3.63, 3.8) is 0 Å². The van der Waals surface area contributed by atoms with Gasteiger partial charge in [0.1, 0.15) is 11.6 Å². The first-order valence-electron chi connectivity index (χ1n) is 8.00. The molecule has 0 aliphatic carbocycles. The minimum absolute atomic E-state index is 0.684. The fraction of sp³-hybridized carbons (Fsp3) is 0.471. The molecule has 0 fully saturated rings. The van der Waals surface area contributed by atoms with Crippen molar-refractivity contribution in [1.82, 2.24) is 25.2 Å². The number of guanidine groups is 1. The number of aryl methyl sites for hydroxylation is 1. The lowest BCUT2D eigenvalue weighted by Gasteiger charge is -2.13. The zero-order valence-electron chi connectivity index (χ0n) is 14.4. The monoisotopic (exact) mass is 314 g/mol. The molecule has 0 atom stereocenters. The molecule has 0 aliphatic rings. The van der Waals surface area contributed by atoms with Gasteiger partial charge in [-0.1, -0.05) is 19.9 Å². The third-order valence-corrected chi connectivity index (χ3v) is 3.58. The van der Waals surface area contributed by atoms with Gasteiger partial charge < -0.3 is 10.6 Å². The average molecular weight is 314 g/mol. The Morgan fingerprint density at radius 3 is 2.65 bits per heavy atom. The Balaban J connectivity index is 1.87. The van der Waals surface area contributed by atoms with Crippen LogP contribution in [0.25, 0.3) is 5.82 Å². The molecule has 2 N–H and O–H groups in total. The summed E-state index contributed by atoms with van der Waals surface area (Å²) in [5, 5.41) is 6.62. The molecule has 0 bridgehead atoms. The van der Waals surface area contributed by atoms with Gasteiger partial charge in [0.05, 0.1) is 0 Å². The Bertz CT molecular complexity index is 627. The molecule has 0 saturated heterocycles. The number of aromatic nitrogens is 3. The summed E-state index contributed by atoms with van der Waals surface area (Å²) in [6, 6.07) is 4.07. The van der Waals surface area contributed by atoms with Crippen LogP contribution < -0.4 is 10.6 Å². The molecule has 6 nitrogen and oxygen atoms in total. The number of nitrogens with zero attached hydrogens (tertiary/aromatic N) is 4. The molecule has 124 valence electrons. The quantitative estimate of drug-likeness (QED) is 0.634. The Morgan fingerprint density at radius 2 is 2.09 bits per heavy atom. The van der Waals surface area contributed by atoms with Gasteiger partial charge in [-0.15, -0.1) is 0 Å². The predicted octanol–water partition coefficient (Wildman–Crippen LogP) is 2.29. The van der Waals surface area contributed by atoms with Gasteiger partial charge in [0.2, 0.25) is 0 Å². The fourth-order valence-corrected chi connectivity index (χ4v) is 2.17. The topological polar surface area (TPSA) is 67.1 Å². The van der Waals surface area contributed by atoms with Crippen molar-refractivity contribution in [2.45, 2.75) is 33.7 Å². The second kappa shape index (κ2) is 8.31. The van der Waals surface area contributed by atoms with E-state index < -0.39 is 0 Å². The first-order chi connectivity index (χ1) is 11.1. The van der Waals surface area contributed by atoms with Crippen LogP contribution in [0, 0.1) is 12.8 Å². The first kappa shape index (κ1) is 17.0. The summed E-state index contributed by atoms with van der Waals surface area (Å²) in [6.07, 6.45) is 6.69. The van der Waals surface area contributed by atoms with E-state index in [1.54, 1.807) is 13.2 Å². The van der Waals surface area contributed by atoms with Crippen molar-refractivity contribution in [2.75, 3.05) is 13.6 Å². The summed E-state index contributed by atoms with van der Waals surface area (Å²) in [5.74, 6) is 3.31. The summed E-state index contributed by atoms with van der Waals surface area (Å²) in [5.41, 5.74) is 1.11. The van der Waals surface area contributed by atoms with Gasteiger partial charge in [-0.25, -0.2) is 9.97 Å². The zero-order chi connectivity index (χ0) is 16.7. The second-order valence-corrected chi connectivity index (χ2v) is 5.90. The van der Waals surface area contributed by atoms with E-state index in [2.05, 4.69) is 45.5 Å². The summed E-state index contributed by atoms with van der Waals surface area (Å²) in [7, 11) is 1.79. The third kappa shape index (κ3) is 5.09. The smallest absolute Gasteiger partial charge is 0.191 e. The number of hydrogen-bond acceptors (Lipinski definition) is 3. The molecule has 2 heterocycles. The lowest BCUT2D eigenvalue weighted by molar-refractivity contribution is 0.573. The highest BCUT2D eigenvalue weighted by atomic mass is 15.2. The third-order valence-electron chi connectivity index (χ3n) is 3.58. The minimum atomic E-state index is 0.684. The summed E-state index contributed by atoms with van der Waals surface area (Å²) in [6.45, 7) is 8.01. The van der Waals surface area contributed by atoms with Crippen LogP contribution in [-0.2, 0) is 6.54 Å². The van der Waals surface area contributed by atoms with Gasteiger partial charge in [-0.3, -0.25) is 9.56 Å². The molecule has 0 aromatic carbocycles. The first-order valence-corrected chi connectivity index (χ1v) is 8.00. The highest BCUT2D eigenvalue weighted by Crippen LogP contribution is 2.08. The van der Waals surface area contributed by atoms with Crippen LogP contribution in [0.1, 0.15) is 31.7 Å². The predicted molar refractivity (Wildman–Crippen MR) is 93.8 cm³/mol. The molecule has 0 saturated carbocycles. The lowest BCUT2D eigenvalue weighted by Crippen LogP contribution is -2.37. The van der Waals surface area contributed by atoms with Gasteiger partial charge in [0, 0.05) is 38.7 Å². The Hall–Kier alpha value is -2.37. The van der Waals surface area contributed by atoms with Crippen molar-refractivity contribution in [2.24, 2.45) is 10.9 Å². The number of aliphatic imine (C=N–C) groups is 1. The van der Waals surface area contributed by atoms with Gasteiger partial charge in [0.25, 0.3) is 0 Å². The van der Waals surface area contributed by atoms with E-state index in [1.165, 1.54) is 0 Å². The highest BCUT2D eigenvalue weighted by Gasteiger charge is 2.03. The van der Waals surface area contributed by atoms with E-state index in [9.17, 15) is 0 Å². The molecule has 6 heteroatoms. The van der Waals surface area contributed by atoms with E-state index >= 15 is 0 Å². The van der Waals surface area contributed by atoms with Crippen LogP contribution in [0.2, 0.25) is 0 Å². The van der Waals surface area contributed by atoms with Crippen molar-refractivity contribution < 1.29 is 0 Å². The maximum absolute atomic E-state index is 4.49. The van der Waals surface area contributed by atoms with E-state index in [-0.39, 0.29) is 0 Å². The van der Waals surface area contributed by atoms with Crippen LogP contribution in [0.15, 0.2) is 35.7 Å². The highest BCUT2D eigenvalue weighted by molar-refractivity contribution is 5.79. The summed E-state index contributed by atoms with van der Waals surface area (Å²) >= 11 is 0. The van der Waals surface area contributed by atoms with Crippen molar-refractivity contribution >= 4 is 5.96 Å². The van der Waals surface area contributed by atoms with E-state index in [0.29, 0.717) is 12.5 Å². The largest absolute Gasteiger partial charge is 0.356 e. The molecule has 23 heavy (non-hydrogen) atoms. The van der Waals surface area contributed by atoms with Crippen molar-refractivity contribution in [1.29, 1.82) is 0 Å². The molecule has 0 amide bonds. The Kier molecular flexibility index (Phi) is 6.14. The maximum Gasteiger partial charge on any atom is 0.191 e. The summed E-state index contributed by atoms with van der Waals surface area (Å²) in [4.78, 5) is 12.9. The average Bonchev–Trinajstić information content (AvgIpc) is 2.97. The number of imidazole rings is 1. The van der Waals surface area contributed by atoms with E-state index in [1.807, 2.05) is 30.0 Å². The minimum Gasteiger partial charge on any atom is -0.356 e. The van der Waals surface area contributed by atoms with Crippen molar-refractivity contribution in [3.8, 4) is 5.82 Å². The normalized spacial score (nSPS) is 11.8. The molecule has 0 aliphatic heterocycles. The van der Waals surface area contributed by atoms with Gasteiger partial charge in [-0.05, 0) is 30.9 Å². The van der Waals surface area contributed by atoms with Crippen LogP contribution in [0.3, 0.4) is 0 Å². The van der Waals surface area contributed by atoms with Crippen LogP contribution in [-0.4, -0.2) is 34.1 Å². The molecule has 0 radical (unpaired) electrons. The maximum atomic E-state index is 4.49. The van der Waals surface area contributed by atoms with Crippen LogP contribution >= 0.6 is 0 Å². The molecule has 2 aromatic rings. The molecule has 2 rings (SSSR count). The van der Waals surface area contributed by atoms with Gasteiger partial charge in [0.15, 0.2) is 5.96 Å². The molecular formula is C17H26N6. The molecular weight excluding hydrogens is 288 g/mol. The number of hydrogen-bond donors (Lipinski definition) is 2. The number of rotatable bonds is 6. The standard InChI is InChI=1S/C17H26N6/c1-13(2)7-8-20-17(18-4)22-12-15-5-6-16(21-11-15)23-10-9-19-14(23)3/h5-6,9-11,13H,7-8,12H2,1-4H3,(H2,18,20,22). The van der Waals surface area contributed by atoms with Crippen molar-refractivity contribution in [3.05, 3.63) is 42.1 Å². The van der Waals surface area contributed by atoms with Gasteiger partial charge >= 0.3 is 0 Å².